The predicted octanol–water partition coefficient (Wildman–Crippen LogP) is 2.16. The van der Waals surface area contributed by atoms with Crippen LogP contribution in [0.15, 0.2) is 24.3 Å². The smallest absolute Gasteiger partial charge is 0.359 e. The van der Waals surface area contributed by atoms with Crippen molar-refractivity contribution in [3.8, 4) is 17.0 Å². The molecule has 0 fully saturated rings. The highest BCUT2D eigenvalue weighted by molar-refractivity contribution is 5.92. The summed E-state index contributed by atoms with van der Waals surface area (Å²) in [6.07, 6.45) is 0. The summed E-state index contributed by atoms with van der Waals surface area (Å²) in [7, 11) is 1.82. The Morgan fingerprint density at radius 3 is 3.05 bits per heavy atom. The van der Waals surface area contributed by atoms with E-state index in [4.69, 9.17) is 9.47 Å². The first-order valence-corrected chi connectivity index (χ1v) is 6.17. The Bertz CT molecular complexity index is 646. The van der Waals surface area contributed by atoms with E-state index in [1.165, 1.54) is 0 Å². The number of carbonyl (C=O) groups excluding carboxylic acids is 1. The Hall–Kier alpha value is -2.30. The third-order valence-electron chi connectivity index (χ3n) is 3.13. The van der Waals surface area contributed by atoms with Crippen molar-refractivity contribution in [2.45, 2.75) is 13.5 Å². The molecule has 2 aromatic rings. The Morgan fingerprint density at radius 2 is 2.26 bits per heavy atom. The molecule has 0 radical (unpaired) electrons. The number of hydrogen-bond donors (Lipinski definition) is 0. The van der Waals surface area contributed by atoms with Crippen molar-refractivity contribution in [2.24, 2.45) is 7.05 Å². The summed E-state index contributed by atoms with van der Waals surface area (Å²) in [6, 6.07) is 7.74. The van der Waals surface area contributed by atoms with Crippen molar-refractivity contribution in [3.63, 3.8) is 0 Å². The van der Waals surface area contributed by atoms with E-state index >= 15 is 0 Å². The highest BCUT2D eigenvalue weighted by atomic mass is 16.5. The Morgan fingerprint density at radius 1 is 1.47 bits per heavy atom. The van der Waals surface area contributed by atoms with Crippen molar-refractivity contribution in [1.29, 1.82) is 0 Å². The van der Waals surface area contributed by atoms with Crippen LogP contribution in [0, 0.1) is 0 Å². The molecule has 1 aliphatic heterocycles. The van der Waals surface area contributed by atoms with Crippen LogP contribution in [0.5, 0.6) is 5.75 Å². The van der Waals surface area contributed by atoms with Crippen LogP contribution in [0.4, 0.5) is 0 Å². The van der Waals surface area contributed by atoms with Gasteiger partial charge < -0.3 is 9.47 Å². The first-order chi connectivity index (χ1) is 9.22. The molecule has 0 spiro atoms. The number of fused-ring (bicyclic) bond motifs is 3. The van der Waals surface area contributed by atoms with Gasteiger partial charge in [0.1, 0.15) is 12.4 Å². The minimum absolute atomic E-state index is 0.335. The van der Waals surface area contributed by atoms with Crippen molar-refractivity contribution >= 4 is 5.97 Å². The van der Waals surface area contributed by atoms with Gasteiger partial charge in [-0.1, -0.05) is 12.1 Å². The number of esters is 1. The van der Waals surface area contributed by atoms with E-state index in [2.05, 4.69) is 5.10 Å². The predicted molar refractivity (Wildman–Crippen MR) is 68.9 cm³/mol. The quantitative estimate of drug-likeness (QED) is 0.774. The maximum Gasteiger partial charge on any atom is 0.359 e. The molecule has 0 bridgehead atoms. The molecular formula is C14H14N2O3. The summed E-state index contributed by atoms with van der Waals surface area (Å²) in [5.41, 5.74) is 3.01. The van der Waals surface area contributed by atoms with E-state index in [1.807, 2.05) is 31.3 Å². The van der Waals surface area contributed by atoms with Crippen LogP contribution in [0.2, 0.25) is 0 Å². The second-order valence-corrected chi connectivity index (χ2v) is 4.30. The summed E-state index contributed by atoms with van der Waals surface area (Å²) < 4.78 is 12.4. The molecule has 1 aromatic carbocycles. The number of ether oxygens (including phenoxy) is 2. The number of para-hydroxylation sites is 1. The lowest BCUT2D eigenvalue weighted by Crippen LogP contribution is -2.11. The molecule has 98 valence electrons. The van der Waals surface area contributed by atoms with Crippen LogP contribution in [0.1, 0.15) is 23.0 Å². The SMILES string of the molecule is CCOC(=O)c1nn(C)c2c1COc1ccccc1-2. The number of rotatable bonds is 2. The van der Waals surface area contributed by atoms with E-state index in [0.717, 1.165) is 22.6 Å². The number of carbonyl (C=O) groups is 1. The maximum absolute atomic E-state index is 11.9. The molecule has 0 N–H and O–H groups in total. The lowest BCUT2D eigenvalue weighted by atomic mass is 10.0. The van der Waals surface area contributed by atoms with Gasteiger partial charge in [-0.05, 0) is 19.1 Å². The van der Waals surface area contributed by atoms with Gasteiger partial charge in [0.15, 0.2) is 5.69 Å². The van der Waals surface area contributed by atoms with Gasteiger partial charge in [-0.25, -0.2) is 4.79 Å². The van der Waals surface area contributed by atoms with Gasteiger partial charge in [0.25, 0.3) is 0 Å². The molecule has 5 heteroatoms. The second kappa shape index (κ2) is 4.42. The third-order valence-corrected chi connectivity index (χ3v) is 3.13. The molecular weight excluding hydrogens is 244 g/mol. The van der Waals surface area contributed by atoms with Gasteiger partial charge in [0.05, 0.1) is 17.9 Å². The average Bonchev–Trinajstić information content (AvgIpc) is 2.77. The van der Waals surface area contributed by atoms with E-state index in [0.29, 0.717) is 18.9 Å². The molecule has 0 aliphatic carbocycles. The molecule has 2 heterocycles. The van der Waals surface area contributed by atoms with Crippen LogP contribution in [0.3, 0.4) is 0 Å². The van der Waals surface area contributed by atoms with E-state index in [9.17, 15) is 4.79 Å². The fraction of sp³-hybridized carbons (Fsp3) is 0.286. The molecule has 0 amide bonds. The lowest BCUT2D eigenvalue weighted by Gasteiger charge is -2.18. The lowest BCUT2D eigenvalue weighted by molar-refractivity contribution is 0.0515. The molecule has 1 aliphatic rings. The average molecular weight is 258 g/mol. The standard InChI is InChI=1S/C14H14N2O3/c1-3-18-14(17)12-10-8-19-11-7-5-4-6-9(11)13(10)16(2)15-12/h4-7H,3,8H2,1-2H3. The number of aromatic nitrogens is 2. The zero-order chi connectivity index (χ0) is 13.4. The van der Waals surface area contributed by atoms with Gasteiger partial charge in [0, 0.05) is 12.6 Å². The topological polar surface area (TPSA) is 53.3 Å². The maximum atomic E-state index is 11.9. The summed E-state index contributed by atoms with van der Waals surface area (Å²) in [6.45, 7) is 2.45. The van der Waals surface area contributed by atoms with Gasteiger partial charge in [-0.2, -0.15) is 5.10 Å². The van der Waals surface area contributed by atoms with Crippen LogP contribution in [0.25, 0.3) is 11.3 Å². The monoisotopic (exact) mass is 258 g/mol. The number of benzene rings is 1. The van der Waals surface area contributed by atoms with Gasteiger partial charge >= 0.3 is 5.97 Å². The zero-order valence-electron chi connectivity index (χ0n) is 10.8. The Labute approximate surface area is 110 Å². The molecule has 0 saturated heterocycles. The number of aryl methyl sites for hydroxylation is 1. The summed E-state index contributed by atoms with van der Waals surface area (Å²) in [5, 5.41) is 4.27. The van der Waals surface area contributed by atoms with Gasteiger partial charge in [0.2, 0.25) is 0 Å². The summed E-state index contributed by atoms with van der Waals surface area (Å²) >= 11 is 0. The highest BCUT2D eigenvalue weighted by Crippen LogP contribution is 2.38. The van der Waals surface area contributed by atoms with Crippen molar-refractivity contribution in [2.75, 3.05) is 6.61 Å². The number of hydrogen-bond acceptors (Lipinski definition) is 4. The largest absolute Gasteiger partial charge is 0.488 e. The first-order valence-electron chi connectivity index (χ1n) is 6.17. The van der Waals surface area contributed by atoms with Crippen LogP contribution >= 0.6 is 0 Å². The van der Waals surface area contributed by atoms with E-state index in [1.54, 1.807) is 11.6 Å². The normalized spacial score (nSPS) is 12.3. The summed E-state index contributed by atoms with van der Waals surface area (Å²) in [4.78, 5) is 11.9. The Kier molecular flexibility index (Phi) is 2.74. The van der Waals surface area contributed by atoms with Crippen LogP contribution < -0.4 is 4.74 Å². The number of nitrogens with zero attached hydrogens (tertiary/aromatic N) is 2. The zero-order valence-corrected chi connectivity index (χ0v) is 10.8. The fourth-order valence-corrected chi connectivity index (χ4v) is 2.34. The minimum Gasteiger partial charge on any atom is -0.488 e. The van der Waals surface area contributed by atoms with Crippen molar-refractivity contribution < 1.29 is 14.3 Å². The summed E-state index contributed by atoms with van der Waals surface area (Å²) in [5.74, 6) is 0.413. The highest BCUT2D eigenvalue weighted by Gasteiger charge is 2.28. The molecule has 0 atom stereocenters. The molecule has 0 unspecified atom stereocenters. The molecule has 5 nitrogen and oxygen atoms in total. The van der Waals surface area contributed by atoms with E-state index in [-0.39, 0.29) is 0 Å². The minimum atomic E-state index is -0.401. The van der Waals surface area contributed by atoms with Crippen molar-refractivity contribution in [3.05, 3.63) is 35.5 Å². The molecule has 1 aromatic heterocycles. The fourth-order valence-electron chi connectivity index (χ4n) is 2.34. The van der Waals surface area contributed by atoms with Crippen LogP contribution in [-0.2, 0) is 18.4 Å². The van der Waals surface area contributed by atoms with Crippen molar-refractivity contribution in [1.82, 2.24) is 9.78 Å². The molecule has 0 saturated carbocycles. The Balaban J connectivity index is 2.15. The van der Waals surface area contributed by atoms with E-state index < -0.39 is 5.97 Å². The van der Waals surface area contributed by atoms with Gasteiger partial charge in [-0.3, -0.25) is 4.68 Å². The third kappa shape index (κ3) is 1.78. The van der Waals surface area contributed by atoms with Gasteiger partial charge in [-0.15, -0.1) is 0 Å². The molecule has 19 heavy (non-hydrogen) atoms. The first kappa shape index (κ1) is 11.8. The van der Waals surface area contributed by atoms with Crippen LogP contribution in [-0.4, -0.2) is 22.4 Å². The second-order valence-electron chi connectivity index (χ2n) is 4.30. The molecule has 3 rings (SSSR count).